The Morgan fingerprint density at radius 2 is 1.65 bits per heavy atom. The van der Waals surface area contributed by atoms with Crippen molar-refractivity contribution in [2.24, 2.45) is 11.7 Å². The summed E-state index contributed by atoms with van der Waals surface area (Å²) in [6.45, 7) is 0.806. The van der Waals surface area contributed by atoms with Crippen LogP contribution in [0.4, 0.5) is 10.5 Å². The first-order valence-electron chi connectivity index (χ1n) is 11.0. The highest BCUT2D eigenvalue weighted by Crippen LogP contribution is 2.28. The van der Waals surface area contributed by atoms with Gasteiger partial charge in [0, 0.05) is 24.0 Å². The first kappa shape index (κ1) is 21.7. The Labute approximate surface area is 188 Å². The Hall–Kier alpha value is -2.51. The van der Waals surface area contributed by atoms with Gasteiger partial charge < -0.3 is 21.3 Å². The maximum atomic E-state index is 12.5. The van der Waals surface area contributed by atoms with Crippen molar-refractivity contribution in [1.29, 1.82) is 0 Å². The quantitative estimate of drug-likeness (QED) is 0.661. The summed E-state index contributed by atoms with van der Waals surface area (Å²) in [5.41, 5.74) is 9.30. The first-order chi connectivity index (χ1) is 15.1. The number of anilines is 1. The molecule has 164 valence electrons. The number of benzene rings is 2. The third kappa shape index (κ3) is 5.60. The standard InChI is InChI=1S/C24H30N4O2S/c25-22(23(29)28-14-15-31-16-28)19-8-12-21(13-9-19)27-24(30)26-20-10-6-18(7-11-20)17-4-2-1-3-5-17/h1-7,10-11,19,21-22H,8-9,12-16,25H2,(H2,26,27,30). The molecular formula is C24H30N4O2S. The molecule has 2 fully saturated rings. The first-order valence-corrected chi connectivity index (χ1v) is 12.1. The summed E-state index contributed by atoms with van der Waals surface area (Å²) >= 11 is 1.78. The Bertz CT molecular complexity index is 876. The molecule has 0 aromatic heterocycles. The minimum Gasteiger partial charge on any atom is -0.335 e. The van der Waals surface area contributed by atoms with Crippen LogP contribution in [0.3, 0.4) is 0 Å². The molecule has 1 aliphatic heterocycles. The maximum Gasteiger partial charge on any atom is 0.319 e. The van der Waals surface area contributed by atoms with Crippen molar-refractivity contribution in [2.45, 2.75) is 37.8 Å². The zero-order valence-corrected chi connectivity index (χ0v) is 18.4. The van der Waals surface area contributed by atoms with Crippen molar-refractivity contribution >= 4 is 29.4 Å². The van der Waals surface area contributed by atoms with Crippen LogP contribution in [0, 0.1) is 5.92 Å². The third-order valence-corrected chi connectivity index (χ3v) is 7.18. The number of thioether (sulfide) groups is 1. The van der Waals surface area contributed by atoms with Crippen molar-refractivity contribution in [3.8, 4) is 11.1 Å². The lowest BCUT2D eigenvalue weighted by Gasteiger charge is -2.33. The molecular weight excluding hydrogens is 408 g/mol. The molecule has 0 bridgehead atoms. The molecule has 4 rings (SSSR count). The average molecular weight is 439 g/mol. The van der Waals surface area contributed by atoms with Crippen LogP contribution >= 0.6 is 11.8 Å². The van der Waals surface area contributed by atoms with Gasteiger partial charge in [-0.2, -0.15) is 0 Å². The Balaban J connectivity index is 1.22. The van der Waals surface area contributed by atoms with Crippen molar-refractivity contribution in [3.63, 3.8) is 0 Å². The number of hydrogen-bond donors (Lipinski definition) is 3. The maximum absolute atomic E-state index is 12.5. The van der Waals surface area contributed by atoms with E-state index in [1.165, 1.54) is 0 Å². The third-order valence-electron chi connectivity index (χ3n) is 6.21. The lowest BCUT2D eigenvalue weighted by molar-refractivity contribution is -0.132. The van der Waals surface area contributed by atoms with Gasteiger partial charge in [0.25, 0.3) is 0 Å². The predicted molar refractivity (Wildman–Crippen MR) is 127 cm³/mol. The Morgan fingerprint density at radius 3 is 2.29 bits per heavy atom. The summed E-state index contributed by atoms with van der Waals surface area (Å²) < 4.78 is 0. The zero-order chi connectivity index (χ0) is 21.6. The van der Waals surface area contributed by atoms with Crippen LogP contribution < -0.4 is 16.4 Å². The highest BCUT2D eigenvalue weighted by Gasteiger charge is 2.33. The van der Waals surface area contributed by atoms with E-state index in [1.54, 1.807) is 11.8 Å². The second-order valence-electron chi connectivity index (χ2n) is 8.32. The summed E-state index contributed by atoms with van der Waals surface area (Å²) in [5, 5.41) is 5.99. The molecule has 0 spiro atoms. The molecule has 31 heavy (non-hydrogen) atoms. The van der Waals surface area contributed by atoms with Gasteiger partial charge in [0.2, 0.25) is 5.91 Å². The number of nitrogens with zero attached hydrogens (tertiary/aromatic N) is 1. The Kier molecular flexibility index (Phi) is 7.14. The number of carbonyl (C=O) groups is 2. The van der Waals surface area contributed by atoms with Crippen molar-refractivity contribution in [2.75, 3.05) is 23.5 Å². The van der Waals surface area contributed by atoms with E-state index in [1.807, 2.05) is 47.4 Å². The molecule has 1 unspecified atom stereocenters. The fourth-order valence-electron chi connectivity index (χ4n) is 4.35. The summed E-state index contributed by atoms with van der Waals surface area (Å²) in [7, 11) is 0. The largest absolute Gasteiger partial charge is 0.335 e. The second kappa shape index (κ2) is 10.2. The molecule has 2 aromatic carbocycles. The summed E-state index contributed by atoms with van der Waals surface area (Å²) in [5.74, 6) is 2.04. The molecule has 4 N–H and O–H groups in total. The normalized spacial score (nSPS) is 22.0. The molecule has 0 radical (unpaired) electrons. The van der Waals surface area contributed by atoms with E-state index in [9.17, 15) is 9.59 Å². The van der Waals surface area contributed by atoms with Crippen LogP contribution in [0.1, 0.15) is 25.7 Å². The molecule has 6 nitrogen and oxygen atoms in total. The number of urea groups is 1. The van der Waals surface area contributed by atoms with Gasteiger partial charge >= 0.3 is 6.03 Å². The van der Waals surface area contributed by atoms with Crippen LogP contribution in [-0.2, 0) is 4.79 Å². The number of nitrogens with two attached hydrogens (primary N) is 1. The zero-order valence-electron chi connectivity index (χ0n) is 17.6. The van der Waals surface area contributed by atoms with Gasteiger partial charge in [-0.15, -0.1) is 11.8 Å². The fourth-order valence-corrected chi connectivity index (χ4v) is 5.31. The van der Waals surface area contributed by atoms with E-state index < -0.39 is 6.04 Å². The molecule has 1 saturated carbocycles. The smallest absolute Gasteiger partial charge is 0.319 e. The van der Waals surface area contributed by atoms with Gasteiger partial charge in [0.15, 0.2) is 0 Å². The van der Waals surface area contributed by atoms with E-state index in [4.69, 9.17) is 5.73 Å². The molecule has 2 aromatic rings. The van der Waals surface area contributed by atoms with E-state index in [2.05, 4.69) is 22.8 Å². The van der Waals surface area contributed by atoms with Crippen LogP contribution in [-0.4, -0.2) is 47.1 Å². The second-order valence-corrected chi connectivity index (χ2v) is 9.39. The summed E-state index contributed by atoms with van der Waals surface area (Å²) in [6, 6.07) is 17.5. The van der Waals surface area contributed by atoms with Crippen molar-refractivity contribution in [1.82, 2.24) is 10.2 Å². The monoisotopic (exact) mass is 438 g/mol. The van der Waals surface area contributed by atoms with E-state index in [-0.39, 0.29) is 23.9 Å². The molecule has 3 amide bonds. The highest BCUT2D eigenvalue weighted by atomic mass is 32.2. The molecule has 1 heterocycles. The van der Waals surface area contributed by atoms with Crippen LogP contribution in [0.2, 0.25) is 0 Å². The molecule has 2 aliphatic rings. The minimum absolute atomic E-state index is 0.0816. The van der Waals surface area contributed by atoms with Crippen LogP contribution in [0.25, 0.3) is 11.1 Å². The lowest BCUT2D eigenvalue weighted by Crippen LogP contribution is -2.49. The van der Waals surface area contributed by atoms with Crippen LogP contribution in [0.5, 0.6) is 0 Å². The average Bonchev–Trinajstić information content (AvgIpc) is 3.35. The molecule has 7 heteroatoms. The van der Waals surface area contributed by atoms with E-state index >= 15 is 0 Å². The number of rotatable bonds is 5. The van der Waals surface area contributed by atoms with Gasteiger partial charge in [0.1, 0.15) is 0 Å². The number of amides is 3. The van der Waals surface area contributed by atoms with Gasteiger partial charge in [-0.3, -0.25) is 4.79 Å². The highest BCUT2D eigenvalue weighted by molar-refractivity contribution is 7.99. The van der Waals surface area contributed by atoms with Crippen molar-refractivity contribution in [3.05, 3.63) is 54.6 Å². The summed E-state index contributed by atoms with van der Waals surface area (Å²) in [4.78, 5) is 26.8. The lowest BCUT2D eigenvalue weighted by atomic mass is 9.81. The number of hydrogen-bond acceptors (Lipinski definition) is 4. The van der Waals surface area contributed by atoms with Gasteiger partial charge in [-0.1, -0.05) is 42.5 Å². The van der Waals surface area contributed by atoms with E-state index in [0.717, 1.165) is 60.7 Å². The molecule has 1 saturated heterocycles. The fraction of sp³-hybridized carbons (Fsp3) is 0.417. The predicted octanol–water partition coefficient (Wildman–Crippen LogP) is 3.89. The van der Waals surface area contributed by atoms with Gasteiger partial charge in [-0.25, -0.2) is 4.79 Å². The number of carbonyl (C=O) groups excluding carboxylic acids is 2. The van der Waals surface area contributed by atoms with Gasteiger partial charge in [0.05, 0.1) is 11.9 Å². The van der Waals surface area contributed by atoms with Crippen molar-refractivity contribution < 1.29 is 9.59 Å². The minimum atomic E-state index is -0.420. The van der Waals surface area contributed by atoms with Crippen LogP contribution in [0.15, 0.2) is 54.6 Å². The number of nitrogens with one attached hydrogen (secondary N) is 2. The SMILES string of the molecule is NC(C(=O)N1CCSC1)C1CCC(NC(=O)Nc2ccc(-c3ccccc3)cc2)CC1. The molecule has 1 aliphatic carbocycles. The molecule has 1 atom stereocenters. The summed E-state index contributed by atoms with van der Waals surface area (Å²) in [6.07, 6.45) is 3.43. The van der Waals surface area contributed by atoms with E-state index in [0.29, 0.717) is 0 Å². The van der Waals surface area contributed by atoms with Gasteiger partial charge in [-0.05, 0) is 54.9 Å². The topological polar surface area (TPSA) is 87.5 Å². The Morgan fingerprint density at radius 1 is 0.968 bits per heavy atom.